The topological polar surface area (TPSA) is 46.5 Å². The Balaban J connectivity index is 3.06. The number of ether oxygens (including phenoxy) is 1. The van der Waals surface area contributed by atoms with Crippen LogP contribution < -0.4 is 0 Å². The van der Waals surface area contributed by atoms with Gasteiger partial charge in [-0.2, -0.15) is 0 Å². The maximum Gasteiger partial charge on any atom is 0.103 e. The molecule has 0 heterocycles. The molecule has 0 rings (SSSR count). The van der Waals surface area contributed by atoms with Crippen molar-refractivity contribution in [1.82, 2.24) is 0 Å². The normalized spacial score (nSPS) is 13.6. The summed E-state index contributed by atoms with van der Waals surface area (Å²) in [5.74, 6) is 0. The van der Waals surface area contributed by atoms with E-state index in [2.05, 4.69) is 0 Å². The third-order valence-corrected chi connectivity index (χ3v) is 2.17. The third kappa shape index (κ3) is 6.03. The summed E-state index contributed by atoms with van der Waals surface area (Å²) < 4.78 is 15.6. The van der Waals surface area contributed by atoms with Crippen molar-refractivity contribution in [2.75, 3.05) is 25.7 Å². The minimum absolute atomic E-state index is 0.00483. The van der Waals surface area contributed by atoms with E-state index in [-0.39, 0.29) is 6.61 Å². The molecular weight excluding hydrogens is 139 g/mol. The lowest BCUT2D eigenvalue weighted by molar-refractivity contribution is 0.192. The first-order chi connectivity index (χ1) is 4.31. The van der Waals surface area contributed by atoms with E-state index in [1.54, 1.807) is 0 Å². The molecule has 0 saturated heterocycles. The fourth-order valence-electron chi connectivity index (χ4n) is 0.413. The molecule has 0 spiro atoms. The van der Waals surface area contributed by atoms with Gasteiger partial charge in [-0.1, -0.05) is 0 Å². The molecule has 0 amide bonds. The molecule has 56 valence electrons. The Morgan fingerprint density at radius 1 is 1.67 bits per heavy atom. The molecule has 9 heavy (non-hydrogen) atoms. The van der Waals surface area contributed by atoms with Crippen LogP contribution in [0.4, 0.5) is 0 Å². The second-order valence-electron chi connectivity index (χ2n) is 1.65. The summed E-state index contributed by atoms with van der Waals surface area (Å²) in [4.78, 5) is 0. The Labute approximate surface area is 55.8 Å². The highest BCUT2D eigenvalue weighted by atomic mass is 31.1. The predicted octanol–water partition coefficient (Wildman–Crippen LogP) is 0.532. The largest absolute Gasteiger partial charge is 0.396 e. The molecule has 0 aliphatic rings. The lowest BCUT2D eigenvalue weighted by atomic mass is 10.9. The summed E-state index contributed by atoms with van der Waals surface area (Å²) >= 11 is 0. The van der Waals surface area contributed by atoms with E-state index < -0.39 is 7.80 Å². The van der Waals surface area contributed by atoms with E-state index in [1.807, 2.05) is 6.92 Å². The average molecular weight is 152 g/mol. The fourth-order valence-corrected chi connectivity index (χ4v) is 1.24. The van der Waals surface area contributed by atoms with Gasteiger partial charge in [-0.15, -0.1) is 0 Å². The van der Waals surface area contributed by atoms with Crippen molar-refractivity contribution < 1.29 is 14.4 Å². The van der Waals surface area contributed by atoms with E-state index >= 15 is 0 Å². The first kappa shape index (κ1) is 9.15. The van der Waals surface area contributed by atoms with Gasteiger partial charge in [-0.05, 0) is 6.92 Å². The molecule has 0 aromatic heterocycles. The number of aliphatic hydroxyl groups is 1. The van der Waals surface area contributed by atoms with E-state index in [4.69, 9.17) is 9.84 Å². The highest BCUT2D eigenvalue weighted by Gasteiger charge is 1.95. The van der Waals surface area contributed by atoms with Crippen molar-refractivity contribution in [3.8, 4) is 0 Å². The minimum atomic E-state index is -1.63. The van der Waals surface area contributed by atoms with Gasteiger partial charge in [0.15, 0.2) is 0 Å². The van der Waals surface area contributed by atoms with E-state index in [0.29, 0.717) is 19.1 Å². The molecular formula is C5H13O3P. The van der Waals surface area contributed by atoms with Crippen molar-refractivity contribution in [3.63, 3.8) is 0 Å². The third-order valence-electron chi connectivity index (χ3n) is 0.858. The monoisotopic (exact) mass is 152 g/mol. The second kappa shape index (κ2) is 6.27. The smallest absolute Gasteiger partial charge is 0.103 e. The van der Waals surface area contributed by atoms with Gasteiger partial charge in [-0.3, -0.25) is 0 Å². The van der Waals surface area contributed by atoms with Crippen LogP contribution in [0.5, 0.6) is 0 Å². The van der Waals surface area contributed by atoms with Crippen LogP contribution in [0.15, 0.2) is 0 Å². The lowest BCUT2D eigenvalue weighted by Crippen LogP contribution is -1.93. The van der Waals surface area contributed by atoms with Crippen molar-refractivity contribution in [1.29, 1.82) is 0 Å². The molecule has 1 N–H and O–H groups in total. The van der Waals surface area contributed by atoms with Crippen LogP contribution >= 0.6 is 7.80 Å². The lowest BCUT2D eigenvalue weighted by Gasteiger charge is -1.97. The van der Waals surface area contributed by atoms with E-state index in [0.717, 1.165) is 0 Å². The quantitative estimate of drug-likeness (QED) is 0.584. The number of hydrogen-bond donors (Lipinski definition) is 1. The van der Waals surface area contributed by atoms with Gasteiger partial charge in [0.1, 0.15) is 7.80 Å². The standard InChI is InChI=1S/C5H13O3P/c1-2-8-5-9(7)4-3-6/h6,9H,2-5H2,1H3. The van der Waals surface area contributed by atoms with Gasteiger partial charge in [0.05, 0.1) is 6.35 Å². The molecule has 0 saturated carbocycles. The SMILES string of the molecule is CCOC[PH](=O)CCO. The molecule has 4 heteroatoms. The fraction of sp³-hybridized carbons (Fsp3) is 1.00. The van der Waals surface area contributed by atoms with Gasteiger partial charge in [0, 0.05) is 19.4 Å². The Morgan fingerprint density at radius 2 is 2.33 bits per heavy atom. The van der Waals surface area contributed by atoms with Crippen molar-refractivity contribution in [2.24, 2.45) is 0 Å². The molecule has 0 aliphatic carbocycles. The second-order valence-corrected chi connectivity index (χ2v) is 3.52. The zero-order valence-corrected chi connectivity index (χ0v) is 6.59. The first-order valence-electron chi connectivity index (χ1n) is 3.01. The van der Waals surface area contributed by atoms with E-state index in [9.17, 15) is 4.57 Å². The summed E-state index contributed by atoms with van der Waals surface area (Å²) in [6.45, 7) is 2.46. The summed E-state index contributed by atoms with van der Waals surface area (Å²) in [7, 11) is -1.63. The maximum atomic E-state index is 10.7. The van der Waals surface area contributed by atoms with Crippen LogP contribution in [0, 0.1) is 0 Å². The summed E-state index contributed by atoms with van der Waals surface area (Å²) in [5, 5.41) is 8.31. The van der Waals surface area contributed by atoms with Crippen LogP contribution in [0.25, 0.3) is 0 Å². The van der Waals surface area contributed by atoms with Crippen LogP contribution in [0.1, 0.15) is 6.92 Å². The maximum absolute atomic E-state index is 10.7. The van der Waals surface area contributed by atoms with Gasteiger partial charge < -0.3 is 14.4 Å². The molecule has 0 aliphatic heterocycles. The zero-order valence-electron chi connectivity index (χ0n) is 5.59. The van der Waals surface area contributed by atoms with Gasteiger partial charge in [-0.25, -0.2) is 0 Å². The summed E-state index contributed by atoms with van der Waals surface area (Å²) in [6.07, 6.45) is 0.715. The van der Waals surface area contributed by atoms with Crippen molar-refractivity contribution in [2.45, 2.75) is 6.92 Å². The predicted molar refractivity (Wildman–Crippen MR) is 37.4 cm³/mol. The van der Waals surface area contributed by atoms with Gasteiger partial charge in [0.2, 0.25) is 0 Å². The van der Waals surface area contributed by atoms with Crippen LogP contribution in [-0.2, 0) is 9.30 Å². The van der Waals surface area contributed by atoms with Crippen LogP contribution in [-0.4, -0.2) is 30.8 Å². The van der Waals surface area contributed by atoms with Gasteiger partial charge in [0.25, 0.3) is 0 Å². The molecule has 0 aromatic rings. The zero-order chi connectivity index (χ0) is 7.11. The highest BCUT2D eigenvalue weighted by Crippen LogP contribution is 2.18. The molecule has 0 radical (unpaired) electrons. The van der Waals surface area contributed by atoms with Crippen LogP contribution in [0.2, 0.25) is 0 Å². The molecule has 0 aromatic carbocycles. The molecule has 0 fully saturated rings. The van der Waals surface area contributed by atoms with E-state index in [1.165, 1.54) is 0 Å². The minimum Gasteiger partial charge on any atom is -0.396 e. The molecule has 1 unspecified atom stereocenters. The average Bonchev–Trinajstić information content (AvgIpc) is 1.85. The van der Waals surface area contributed by atoms with Crippen molar-refractivity contribution in [3.05, 3.63) is 0 Å². The first-order valence-corrected chi connectivity index (χ1v) is 4.83. The Kier molecular flexibility index (Phi) is 6.38. The van der Waals surface area contributed by atoms with Crippen molar-refractivity contribution >= 4 is 7.80 Å². The molecule has 3 nitrogen and oxygen atoms in total. The van der Waals surface area contributed by atoms with Gasteiger partial charge >= 0.3 is 0 Å². The summed E-state index contributed by atoms with van der Waals surface area (Å²) in [5.41, 5.74) is 0. The number of rotatable bonds is 5. The Hall–Kier alpha value is 0.150. The molecule has 1 atom stereocenters. The number of aliphatic hydroxyl groups excluding tert-OH is 1. The highest BCUT2D eigenvalue weighted by molar-refractivity contribution is 7.44. The Bertz CT molecular complexity index is 84.3. The van der Waals surface area contributed by atoms with Crippen LogP contribution in [0.3, 0.4) is 0 Å². The Morgan fingerprint density at radius 3 is 2.78 bits per heavy atom. The molecule has 0 bridgehead atoms. The number of hydrogen-bond acceptors (Lipinski definition) is 3. The summed E-state index contributed by atoms with van der Waals surface area (Å²) in [6, 6.07) is 0.